The molecule has 0 aromatic heterocycles. The fraction of sp³-hybridized carbons (Fsp3) is 0.800. The zero-order valence-electron chi connectivity index (χ0n) is 4.72. The lowest BCUT2D eigenvalue weighted by molar-refractivity contribution is -0.143. The van der Waals surface area contributed by atoms with Crippen molar-refractivity contribution in [2.75, 3.05) is 6.54 Å². The summed E-state index contributed by atoms with van der Waals surface area (Å²) in [6, 6.07) is 0. The summed E-state index contributed by atoms with van der Waals surface area (Å²) in [6.07, 6.45) is 0.662. The van der Waals surface area contributed by atoms with Crippen molar-refractivity contribution >= 4 is 5.91 Å². The lowest BCUT2D eigenvalue weighted by Gasteiger charge is -1.98. The first kappa shape index (κ1) is 5.54. The molecule has 1 aliphatic heterocycles. The first-order valence-electron chi connectivity index (χ1n) is 2.69. The van der Waals surface area contributed by atoms with E-state index in [2.05, 4.69) is 0 Å². The fourth-order valence-corrected chi connectivity index (χ4v) is 0.780. The number of carbonyl (C=O) groups excluding carboxylic acids is 1. The molecule has 0 spiro atoms. The van der Waals surface area contributed by atoms with Crippen LogP contribution in [0.4, 0.5) is 4.48 Å². The summed E-state index contributed by atoms with van der Waals surface area (Å²) in [5.74, 6) is -0.468. The van der Waals surface area contributed by atoms with Crippen LogP contribution in [0, 0.1) is 5.92 Å². The first-order valence-corrected chi connectivity index (χ1v) is 2.69. The highest BCUT2D eigenvalue weighted by atomic mass is 19.2. The Morgan fingerprint density at radius 3 is 2.62 bits per heavy atom. The van der Waals surface area contributed by atoms with Crippen LogP contribution in [0.25, 0.3) is 0 Å². The number of halogens is 1. The van der Waals surface area contributed by atoms with E-state index in [1.807, 2.05) is 0 Å². The van der Waals surface area contributed by atoms with Gasteiger partial charge in [-0.05, 0) is 6.42 Å². The average Bonchev–Trinajstić information content (AvgIpc) is 1.98. The number of carbonyl (C=O) groups is 1. The molecule has 46 valence electrons. The minimum atomic E-state index is -0.370. The highest BCUT2D eigenvalue weighted by Crippen LogP contribution is 2.16. The molecule has 1 unspecified atom stereocenters. The van der Waals surface area contributed by atoms with Crippen LogP contribution in [0.15, 0.2) is 0 Å². The summed E-state index contributed by atoms with van der Waals surface area (Å²) in [4.78, 5) is 10.5. The number of hydrogen-bond donors (Lipinski definition) is 0. The third-order valence-corrected chi connectivity index (χ3v) is 1.42. The van der Waals surface area contributed by atoms with Gasteiger partial charge >= 0.3 is 0 Å². The van der Waals surface area contributed by atoms with E-state index in [1.54, 1.807) is 6.92 Å². The van der Waals surface area contributed by atoms with E-state index in [4.69, 9.17) is 0 Å². The molecular formula is C5H8FNO. The van der Waals surface area contributed by atoms with Gasteiger partial charge in [0.25, 0.3) is 5.91 Å². The molecule has 1 atom stereocenters. The zero-order chi connectivity index (χ0) is 6.15. The van der Waals surface area contributed by atoms with Crippen LogP contribution in [-0.4, -0.2) is 17.6 Å². The van der Waals surface area contributed by atoms with E-state index in [-0.39, 0.29) is 23.5 Å². The van der Waals surface area contributed by atoms with Crippen molar-refractivity contribution in [1.29, 1.82) is 0 Å². The van der Waals surface area contributed by atoms with Gasteiger partial charge in [0.15, 0.2) is 0 Å². The minimum Gasteiger partial charge on any atom is -0.272 e. The number of amides is 1. The van der Waals surface area contributed by atoms with Crippen LogP contribution >= 0.6 is 0 Å². The van der Waals surface area contributed by atoms with Crippen LogP contribution in [0.1, 0.15) is 13.3 Å². The normalized spacial score (nSPS) is 29.5. The largest absolute Gasteiger partial charge is 0.272 e. The van der Waals surface area contributed by atoms with E-state index in [1.165, 1.54) is 0 Å². The second-order valence-corrected chi connectivity index (χ2v) is 2.11. The lowest BCUT2D eigenvalue weighted by atomic mass is 10.1. The van der Waals surface area contributed by atoms with Crippen LogP contribution in [0.2, 0.25) is 0 Å². The topological polar surface area (TPSA) is 20.3 Å². The van der Waals surface area contributed by atoms with Gasteiger partial charge in [-0.3, -0.25) is 4.79 Å². The van der Waals surface area contributed by atoms with Crippen molar-refractivity contribution in [2.45, 2.75) is 13.3 Å². The van der Waals surface area contributed by atoms with E-state index >= 15 is 0 Å². The lowest BCUT2D eigenvalue weighted by Crippen LogP contribution is -2.16. The van der Waals surface area contributed by atoms with E-state index in [0.717, 1.165) is 0 Å². The molecule has 1 rings (SSSR count). The Kier molecular flexibility index (Phi) is 1.19. The SMILES string of the molecule is CC1CCN(F)C1=O. The van der Waals surface area contributed by atoms with Crippen LogP contribution in [0.5, 0.6) is 0 Å². The Hall–Kier alpha value is -0.600. The molecule has 1 heterocycles. The highest BCUT2D eigenvalue weighted by Gasteiger charge is 2.27. The molecule has 0 aliphatic carbocycles. The van der Waals surface area contributed by atoms with Gasteiger partial charge in [-0.1, -0.05) is 11.4 Å². The number of rotatable bonds is 0. The van der Waals surface area contributed by atoms with Crippen molar-refractivity contribution in [3.63, 3.8) is 0 Å². The molecule has 0 N–H and O–H groups in total. The van der Waals surface area contributed by atoms with Gasteiger partial charge in [0, 0.05) is 5.92 Å². The number of hydrogen-bond acceptors (Lipinski definition) is 1. The first-order chi connectivity index (χ1) is 3.72. The third-order valence-electron chi connectivity index (χ3n) is 1.42. The van der Waals surface area contributed by atoms with Gasteiger partial charge in [0.2, 0.25) is 0 Å². The van der Waals surface area contributed by atoms with Crippen LogP contribution in [0.3, 0.4) is 0 Å². The summed E-state index contributed by atoms with van der Waals surface area (Å²) >= 11 is 0. The van der Waals surface area contributed by atoms with Gasteiger partial charge < -0.3 is 0 Å². The van der Waals surface area contributed by atoms with Gasteiger partial charge in [0.05, 0.1) is 6.54 Å². The molecule has 0 aromatic rings. The molecule has 0 radical (unpaired) electrons. The molecular weight excluding hydrogens is 109 g/mol. The molecule has 1 fully saturated rings. The zero-order valence-corrected chi connectivity index (χ0v) is 4.72. The van der Waals surface area contributed by atoms with E-state index in [9.17, 15) is 9.28 Å². The second kappa shape index (κ2) is 1.73. The summed E-state index contributed by atoms with van der Waals surface area (Å²) in [5, 5.41) is 0.282. The maximum Gasteiger partial charge on any atom is 0.253 e. The Labute approximate surface area is 47.2 Å². The van der Waals surface area contributed by atoms with Crippen LogP contribution < -0.4 is 0 Å². The van der Waals surface area contributed by atoms with Crippen molar-refractivity contribution in [3.05, 3.63) is 0 Å². The van der Waals surface area contributed by atoms with Crippen molar-refractivity contribution < 1.29 is 9.28 Å². The van der Waals surface area contributed by atoms with Gasteiger partial charge in [-0.2, -0.15) is 5.12 Å². The third kappa shape index (κ3) is 0.680. The molecule has 1 aliphatic rings. The van der Waals surface area contributed by atoms with Gasteiger partial charge in [0.1, 0.15) is 0 Å². The Morgan fingerprint density at radius 1 is 1.88 bits per heavy atom. The smallest absolute Gasteiger partial charge is 0.253 e. The standard InChI is InChI=1S/C5H8FNO/c1-4-2-3-7(6)5(4)8/h4H,2-3H2,1H3. The van der Waals surface area contributed by atoms with Crippen molar-refractivity contribution in [2.24, 2.45) is 5.92 Å². The minimum absolute atomic E-state index is 0.0972. The summed E-state index contributed by atoms with van der Waals surface area (Å²) in [6.45, 7) is 2.02. The van der Waals surface area contributed by atoms with Crippen molar-refractivity contribution in [1.82, 2.24) is 5.12 Å². The van der Waals surface area contributed by atoms with Crippen LogP contribution in [-0.2, 0) is 4.79 Å². The second-order valence-electron chi connectivity index (χ2n) is 2.11. The highest BCUT2D eigenvalue weighted by molar-refractivity contribution is 5.79. The maximum atomic E-state index is 12.1. The summed E-state index contributed by atoms with van der Waals surface area (Å²) in [5.41, 5.74) is 0. The quantitative estimate of drug-likeness (QED) is 0.428. The Morgan fingerprint density at radius 2 is 2.50 bits per heavy atom. The van der Waals surface area contributed by atoms with Gasteiger partial charge in [-0.25, -0.2) is 0 Å². The molecule has 8 heavy (non-hydrogen) atoms. The van der Waals surface area contributed by atoms with E-state index in [0.29, 0.717) is 6.42 Å². The average molecular weight is 117 g/mol. The van der Waals surface area contributed by atoms with Gasteiger partial charge in [-0.15, -0.1) is 0 Å². The Balaban J connectivity index is 2.57. The summed E-state index contributed by atoms with van der Waals surface area (Å²) in [7, 11) is 0. The maximum absolute atomic E-state index is 12.1. The molecule has 3 heteroatoms. The predicted molar refractivity (Wildman–Crippen MR) is 26.6 cm³/mol. The van der Waals surface area contributed by atoms with Crippen molar-refractivity contribution in [3.8, 4) is 0 Å². The molecule has 2 nitrogen and oxygen atoms in total. The molecule has 1 amide bonds. The molecule has 0 bridgehead atoms. The molecule has 0 saturated carbocycles. The van der Waals surface area contributed by atoms with E-state index < -0.39 is 0 Å². The predicted octanol–water partition coefficient (Wildman–Crippen LogP) is 0.739. The summed E-state index contributed by atoms with van der Waals surface area (Å²) < 4.78 is 12.1. The Bertz CT molecular complexity index is 103. The monoisotopic (exact) mass is 117 g/mol. The molecule has 1 saturated heterocycles. The fourth-order valence-electron chi connectivity index (χ4n) is 0.780. The molecule has 0 aromatic carbocycles. The number of nitrogens with zero attached hydrogens (tertiary/aromatic N) is 1.